The molecule has 2 rings (SSSR count). The van der Waals surface area contributed by atoms with E-state index in [9.17, 15) is 4.79 Å². The van der Waals surface area contributed by atoms with Crippen LogP contribution in [0.5, 0.6) is 0 Å². The fourth-order valence-corrected chi connectivity index (χ4v) is 5.14. The number of rotatable bonds is 3. The Labute approximate surface area is 131 Å². The normalized spacial score (nSPS) is 23.6. The largest absolute Gasteiger partial charge is 0.298 e. The highest BCUT2D eigenvalue weighted by molar-refractivity contribution is 8.07. The minimum atomic E-state index is 0.174. The van der Waals surface area contributed by atoms with E-state index in [0.29, 0.717) is 17.5 Å². The van der Waals surface area contributed by atoms with Gasteiger partial charge in [-0.05, 0) is 16.5 Å². The van der Waals surface area contributed by atoms with E-state index in [1.54, 1.807) is 0 Å². The van der Waals surface area contributed by atoms with E-state index in [2.05, 4.69) is 52.0 Å². The van der Waals surface area contributed by atoms with E-state index in [1.807, 2.05) is 23.5 Å². The Morgan fingerprint density at radius 1 is 1.15 bits per heavy atom. The van der Waals surface area contributed by atoms with Gasteiger partial charge in [-0.2, -0.15) is 11.8 Å². The Kier molecular flexibility index (Phi) is 5.25. The van der Waals surface area contributed by atoms with Crippen molar-refractivity contribution in [3.63, 3.8) is 0 Å². The van der Waals surface area contributed by atoms with Gasteiger partial charge in [0.15, 0.2) is 5.78 Å². The lowest BCUT2D eigenvalue weighted by atomic mass is 9.86. The Morgan fingerprint density at radius 3 is 2.30 bits per heavy atom. The molecule has 0 N–H and O–H groups in total. The van der Waals surface area contributed by atoms with Gasteiger partial charge in [0.25, 0.3) is 0 Å². The van der Waals surface area contributed by atoms with Crippen molar-refractivity contribution in [3.8, 4) is 0 Å². The average Bonchev–Trinajstić information content (AvgIpc) is 2.38. The summed E-state index contributed by atoms with van der Waals surface area (Å²) >= 11 is 3.76. The zero-order valence-electron chi connectivity index (χ0n) is 12.8. The standard InChI is InChI=1S/C17H24OS2/c1-12-16(20-10-9-19-12)15(18)11-13-5-7-14(8-6-13)17(2,3)4/h5-8,12,16H,9-11H2,1-4H3. The minimum Gasteiger partial charge on any atom is -0.298 e. The molecule has 0 amide bonds. The highest BCUT2D eigenvalue weighted by Gasteiger charge is 2.28. The summed E-state index contributed by atoms with van der Waals surface area (Å²) < 4.78 is 0. The van der Waals surface area contributed by atoms with Crippen molar-refractivity contribution in [2.45, 2.75) is 50.0 Å². The van der Waals surface area contributed by atoms with Crippen LogP contribution < -0.4 is 0 Å². The molecule has 110 valence electrons. The zero-order valence-corrected chi connectivity index (χ0v) is 14.4. The molecule has 0 bridgehead atoms. The lowest BCUT2D eigenvalue weighted by Crippen LogP contribution is -2.32. The van der Waals surface area contributed by atoms with Gasteiger partial charge < -0.3 is 0 Å². The van der Waals surface area contributed by atoms with Crippen molar-refractivity contribution >= 4 is 29.3 Å². The smallest absolute Gasteiger partial charge is 0.151 e. The molecule has 0 radical (unpaired) electrons. The molecule has 1 aliphatic rings. The first-order valence-corrected chi connectivity index (χ1v) is 9.33. The van der Waals surface area contributed by atoms with E-state index >= 15 is 0 Å². The van der Waals surface area contributed by atoms with Gasteiger partial charge in [0.1, 0.15) is 0 Å². The molecule has 0 aromatic heterocycles. The lowest BCUT2D eigenvalue weighted by Gasteiger charge is -2.26. The maximum atomic E-state index is 12.4. The molecule has 1 fully saturated rings. The molecular weight excluding hydrogens is 284 g/mol. The molecule has 3 heteroatoms. The molecule has 1 aliphatic heterocycles. The average molecular weight is 309 g/mol. The first-order chi connectivity index (χ1) is 9.38. The zero-order chi connectivity index (χ0) is 14.8. The summed E-state index contributed by atoms with van der Waals surface area (Å²) in [6.07, 6.45) is 0.576. The Hall–Kier alpha value is -0.410. The molecule has 20 heavy (non-hydrogen) atoms. The predicted octanol–water partition coefficient (Wildman–Crippen LogP) is 4.33. The number of carbonyl (C=O) groups excluding carboxylic acids is 1. The lowest BCUT2D eigenvalue weighted by molar-refractivity contribution is -0.117. The van der Waals surface area contributed by atoms with E-state index in [1.165, 1.54) is 11.3 Å². The Morgan fingerprint density at radius 2 is 1.75 bits per heavy atom. The van der Waals surface area contributed by atoms with Crippen LogP contribution in [0.1, 0.15) is 38.8 Å². The van der Waals surface area contributed by atoms with E-state index in [-0.39, 0.29) is 10.7 Å². The second-order valence-electron chi connectivity index (χ2n) is 6.46. The van der Waals surface area contributed by atoms with Gasteiger partial charge in [0.2, 0.25) is 0 Å². The fourth-order valence-electron chi connectivity index (χ4n) is 2.41. The van der Waals surface area contributed by atoms with Gasteiger partial charge in [-0.15, -0.1) is 11.8 Å². The molecule has 2 atom stereocenters. The van der Waals surface area contributed by atoms with Crippen molar-refractivity contribution in [3.05, 3.63) is 35.4 Å². The molecule has 1 aromatic carbocycles. The molecule has 0 aliphatic carbocycles. The molecule has 2 unspecified atom stereocenters. The van der Waals surface area contributed by atoms with Crippen LogP contribution in [-0.2, 0) is 16.6 Å². The molecule has 0 saturated carbocycles. The first-order valence-electron chi connectivity index (χ1n) is 7.23. The maximum Gasteiger partial charge on any atom is 0.151 e. The van der Waals surface area contributed by atoms with Gasteiger partial charge in [0, 0.05) is 23.2 Å². The summed E-state index contributed by atoms with van der Waals surface area (Å²) in [5, 5.41) is 0.631. The van der Waals surface area contributed by atoms with Gasteiger partial charge in [0.05, 0.1) is 5.25 Å². The Bertz CT molecular complexity index is 459. The summed E-state index contributed by atoms with van der Waals surface area (Å²) in [5.74, 6) is 2.67. The van der Waals surface area contributed by atoms with Crippen LogP contribution in [0.3, 0.4) is 0 Å². The van der Waals surface area contributed by atoms with Crippen molar-refractivity contribution in [2.24, 2.45) is 0 Å². The maximum absolute atomic E-state index is 12.4. The van der Waals surface area contributed by atoms with Crippen molar-refractivity contribution in [2.75, 3.05) is 11.5 Å². The summed E-state index contributed by atoms with van der Waals surface area (Å²) in [7, 11) is 0. The van der Waals surface area contributed by atoms with Gasteiger partial charge in [-0.1, -0.05) is 52.0 Å². The van der Waals surface area contributed by atoms with Gasteiger partial charge in [-0.3, -0.25) is 4.79 Å². The molecular formula is C17H24OS2. The van der Waals surface area contributed by atoms with E-state index in [0.717, 1.165) is 11.3 Å². The SMILES string of the molecule is CC1SCCSC1C(=O)Cc1ccc(C(C)(C)C)cc1. The minimum absolute atomic E-state index is 0.174. The second kappa shape index (κ2) is 6.57. The van der Waals surface area contributed by atoms with Crippen LogP contribution in [0.2, 0.25) is 0 Å². The predicted molar refractivity (Wildman–Crippen MR) is 92.0 cm³/mol. The summed E-state index contributed by atoms with van der Waals surface area (Å²) in [5.41, 5.74) is 2.64. The van der Waals surface area contributed by atoms with Crippen molar-refractivity contribution in [1.82, 2.24) is 0 Å². The van der Waals surface area contributed by atoms with Crippen LogP contribution in [0.4, 0.5) is 0 Å². The summed E-state index contributed by atoms with van der Waals surface area (Å²) in [6.45, 7) is 8.82. The molecule has 1 saturated heterocycles. The number of hydrogen-bond donors (Lipinski definition) is 0. The number of benzene rings is 1. The molecule has 0 spiro atoms. The number of hydrogen-bond acceptors (Lipinski definition) is 3. The molecule has 1 nitrogen and oxygen atoms in total. The Balaban J connectivity index is 2.01. The highest BCUT2D eigenvalue weighted by Crippen LogP contribution is 2.32. The quantitative estimate of drug-likeness (QED) is 0.827. The van der Waals surface area contributed by atoms with Crippen molar-refractivity contribution < 1.29 is 4.79 Å². The third-order valence-electron chi connectivity index (χ3n) is 3.70. The van der Waals surface area contributed by atoms with Gasteiger partial charge in [-0.25, -0.2) is 0 Å². The van der Waals surface area contributed by atoms with E-state index < -0.39 is 0 Å². The third kappa shape index (κ3) is 4.05. The number of carbonyl (C=O) groups is 1. The number of thioether (sulfide) groups is 2. The number of ketones is 1. The molecule has 1 aromatic rings. The van der Waals surface area contributed by atoms with Crippen LogP contribution in [0.25, 0.3) is 0 Å². The van der Waals surface area contributed by atoms with Crippen LogP contribution in [0.15, 0.2) is 24.3 Å². The van der Waals surface area contributed by atoms with Crippen LogP contribution >= 0.6 is 23.5 Å². The summed E-state index contributed by atoms with van der Waals surface area (Å²) in [4.78, 5) is 12.4. The van der Waals surface area contributed by atoms with E-state index in [4.69, 9.17) is 0 Å². The molecule has 1 heterocycles. The first kappa shape index (κ1) is 16.0. The monoisotopic (exact) mass is 308 g/mol. The van der Waals surface area contributed by atoms with Crippen LogP contribution in [0, 0.1) is 0 Å². The highest BCUT2D eigenvalue weighted by atomic mass is 32.2. The fraction of sp³-hybridized carbons (Fsp3) is 0.588. The third-order valence-corrected chi connectivity index (χ3v) is 6.84. The number of Topliss-reactive ketones (excluding diaryl/α,β-unsaturated/α-hetero) is 1. The van der Waals surface area contributed by atoms with Gasteiger partial charge >= 0.3 is 0 Å². The summed E-state index contributed by atoms with van der Waals surface area (Å²) in [6, 6.07) is 8.55. The van der Waals surface area contributed by atoms with Crippen LogP contribution in [-0.4, -0.2) is 27.8 Å². The second-order valence-corrected chi connectivity index (χ2v) is 9.19. The van der Waals surface area contributed by atoms with Crippen molar-refractivity contribution in [1.29, 1.82) is 0 Å². The topological polar surface area (TPSA) is 17.1 Å².